The van der Waals surface area contributed by atoms with Crippen molar-refractivity contribution in [1.82, 2.24) is 24.6 Å². The molecule has 0 amide bonds. The zero-order chi connectivity index (χ0) is 15.4. The molecule has 22 heavy (non-hydrogen) atoms. The van der Waals surface area contributed by atoms with Crippen molar-refractivity contribution in [3.8, 4) is 0 Å². The molecule has 1 atom stereocenters. The summed E-state index contributed by atoms with van der Waals surface area (Å²) in [5.41, 5.74) is 0. The van der Waals surface area contributed by atoms with Crippen LogP contribution in [0.4, 0.5) is 5.82 Å². The molecule has 1 fully saturated rings. The van der Waals surface area contributed by atoms with Crippen LogP contribution < -0.4 is 4.90 Å². The molecule has 0 aromatic carbocycles. The van der Waals surface area contributed by atoms with E-state index in [1.807, 2.05) is 38.6 Å². The molecule has 0 bridgehead atoms. The van der Waals surface area contributed by atoms with E-state index in [-0.39, 0.29) is 6.10 Å². The van der Waals surface area contributed by atoms with E-state index < -0.39 is 0 Å². The lowest BCUT2D eigenvalue weighted by atomic mass is 10.2. The van der Waals surface area contributed by atoms with Gasteiger partial charge in [0.25, 0.3) is 0 Å². The lowest BCUT2D eigenvalue weighted by Gasteiger charge is -2.34. The molecule has 1 aliphatic heterocycles. The van der Waals surface area contributed by atoms with Gasteiger partial charge >= 0.3 is 0 Å². The van der Waals surface area contributed by atoms with Crippen molar-refractivity contribution in [2.45, 2.75) is 12.6 Å². The summed E-state index contributed by atoms with van der Waals surface area (Å²) in [6.07, 6.45) is 5.67. The largest absolute Gasteiger partial charge is 0.374 e. The van der Waals surface area contributed by atoms with Crippen LogP contribution in [0.25, 0.3) is 0 Å². The number of hydrogen-bond acceptors (Lipinski definition) is 6. The topological polar surface area (TPSA) is 59.3 Å². The third-order valence-corrected chi connectivity index (χ3v) is 3.94. The quantitative estimate of drug-likeness (QED) is 0.804. The molecule has 0 spiro atoms. The fraction of sp³-hybridized carbons (Fsp3) is 0.533. The van der Waals surface area contributed by atoms with E-state index in [0.717, 1.165) is 44.4 Å². The molecular weight excluding hydrogens is 280 g/mol. The lowest BCUT2D eigenvalue weighted by molar-refractivity contribution is -0.0274. The number of rotatable bonds is 5. The van der Waals surface area contributed by atoms with Gasteiger partial charge in [-0.15, -0.1) is 5.10 Å². The maximum absolute atomic E-state index is 5.89. The van der Waals surface area contributed by atoms with Crippen molar-refractivity contribution in [2.75, 3.05) is 38.2 Å². The minimum absolute atomic E-state index is 0.168. The molecule has 0 aliphatic carbocycles. The highest BCUT2D eigenvalue weighted by atomic mass is 16.5. The fourth-order valence-electron chi connectivity index (χ4n) is 2.68. The Kier molecular flexibility index (Phi) is 4.65. The highest BCUT2D eigenvalue weighted by Crippen LogP contribution is 2.13. The summed E-state index contributed by atoms with van der Waals surface area (Å²) >= 11 is 0. The molecular formula is C15H22N6O. The van der Waals surface area contributed by atoms with Gasteiger partial charge in [-0.3, -0.25) is 4.90 Å². The highest BCUT2D eigenvalue weighted by molar-refractivity contribution is 5.35. The van der Waals surface area contributed by atoms with E-state index in [2.05, 4.69) is 29.5 Å². The second-order valence-electron chi connectivity index (χ2n) is 5.64. The first-order valence-electron chi connectivity index (χ1n) is 7.51. The SMILES string of the molecule is CN(C[C@@H]1CN(Cc2nccn2C)CCO1)c1cccnn1. The second kappa shape index (κ2) is 6.85. The van der Waals surface area contributed by atoms with Crippen LogP contribution >= 0.6 is 0 Å². The van der Waals surface area contributed by atoms with Crippen LogP contribution in [-0.4, -0.2) is 64.0 Å². The molecule has 118 valence electrons. The molecule has 7 heteroatoms. The molecule has 0 unspecified atom stereocenters. The Morgan fingerprint density at radius 3 is 3.05 bits per heavy atom. The normalized spacial score (nSPS) is 19.3. The second-order valence-corrected chi connectivity index (χ2v) is 5.64. The van der Waals surface area contributed by atoms with Crippen LogP contribution in [0.2, 0.25) is 0 Å². The van der Waals surface area contributed by atoms with Gasteiger partial charge in [0.15, 0.2) is 5.82 Å². The number of ether oxygens (including phenoxy) is 1. The third kappa shape index (κ3) is 3.61. The summed E-state index contributed by atoms with van der Waals surface area (Å²) < 4.78 is 7.96. The van der Waals surface area contributed by atoms with Gasteiger partial charge in [-0.05, 0) is 12.1 Å². The smallest absolute Gasteiger partial charge is 0.151 e. The summed E-state index contributed by atoms with van der Waals surface area (Å²) in [5, 5.41) is 8.05. The first kappa shape index (κ1) is 14.9. The first-order chi connectivity index (χ1) is 10.7. The van der Waals surface area contributed by atoms with Crippen molar-refractivity contribution in [2.24, 2.45) is 7.05 Å². The maximum atomic E-state index is 5.89. The number of aryl methyl sites for hydroxylation is 1. The van der Waals surface area contributed by atoms with Gasteiger partial charge < -0.3 is 14.2 Å². The molecule has 0 N–H and O–H groups in total. The van der Waals surface area contributed by atoms with Gasteiger partial charge in [0, 0.05) is 52.3 Å². The molecule has 3 heterocycles. The number of hydrogen-bond donors (Lipinski definition) is 0. The number of likely N-dealkylation sites (N-methyl/N-ethyl adjacent to an activating group) is 1. The van der Waals surface area contributed by atoms with Crippen molar-refractivity contribution in [3.63, 3.8) is 0 Å². The Balaban J connectivity index is 1.55. The van der Waals surface area contributed by atoms with Crippen molar-refractivity contribution in [3.05, 3.63) is 36.5 Å². The summed E-state index contributed by atoms with van der Waals surface area (Å²) in [5.74, 6) is 1.95. The van der Waals surface area contributed by atoms with E-state index in [4.69, 9.17) is 4.74 Å². The monoisotopic (exact) mass is 302 g/mol. The minimum Gasteiger partial charge on any atom is -0.374 e. The number of nitrogens with zero attached hydrogens (tertiary/aromatic N) is 6. The zero-order valence-electron chi connectivity index (χ0n) is 13.1. The Bertz CT molecular complexity index is 587. The van der Waals surface area contributed by atoms with Crippen LogP contribution in [-0.2, 0) is 18.3 Å². The molecule has 2 aromatic rings. The number of anilines is 1. The molecule has 7 nitrogen and oxygen atoms in total. The van der Waals surface area contributed by atoms with Crippen LogP contribution in [0.3, 0.4) is 0 Å². The minimum atomic E-state index is 0.168. The van der Waals surface area contributed by atoms with Gasteiger partial charge in [0.1, 0.15) is 5.82 Å². The van der Waals surface area contributed by atoms with Crippen molar-refractivity contribution in [1.29, 1.82) is 0 Å². The van der Waals surface area contributed by atoms with E-state index in [1.54, 1.807) is 6.20 Å². The standard InChI is InChI=1S/C15H22N6O/c1-19-7-6-16-15(19)12-21-8-9-22-13(11-21)10-20(2)14-4-3-5-17-18-14/h3-7,13H,8-12H2,1-2H3/t13-/m1/s1. The molecule has 0 radical (unpaired) electrons. The zero-order valence-corrected chi connectivity index (χ0v) is 13.1. The predicted octanol–water partition coefficient (Wildman–Crippen LogP) is 0.547. The Morgan fingerprint density at radius 2 is 2.32 bits per heavy atom. The van der Waals surface area contributed by atoms with Crippen LogP contribution in [0.5, 0.6) is 0 Å². The van der Waals surface area contributed by atoms with E-state index >= 15 is 0 Å². The van der Waals surface area contributed by atoms with Crippen LogP contribution in [0.1, 0.15) is 5.82 Å². The average Bonchev–Trinajstić information content (AvgIpc) is 2.94. The van der Waals surface area contributed by atoms with Crippen molar-refractivity contribution < 1.29 is 4.74 Å². The van der Waals surface area contributed by atoms with Gasteiger partial charge in [-0.1, -0.05) is 0 Å². The number of aromatic nitrogens is 4. The Morgan fingerprint density at radius 1 is 1.41 bits per heavy atom. The molecule has 1 saturated heterocycles. The molecule has 2 aromatic heterocycles. The summed E-state index contributed by atoms with van der Waals surface area (Å²) in [6, 6.07) is 3.86. The Labute approximate surface area is 130 Å². The van der Waals surface area contributed by atoms with Crippen LogP contribution in [0, 0.1) is 0 Å². The van der Waals surface area contributed by atoms with Crippen molar-refractivity contribution >= 4 is 5.82 Å². The number of imidazole rings is 1. The average molecular weight is 302 g/mol. The van der Waals surface area contributed by atoms with Gasteiger partial charge in [-0.25, -0.2) is 4.98 Å². The molecule has 1 aliphatic rings. The van der Waals surface area contributed by atoms with E-state index in [1.165, 1.54) is 0 Å². The molecule has 0 saturated carbocycles. The van der Waals surface area contributed by atoms with E-state index in [0.29, 0.717) is 0 Å². The first-order valence-corrected chi connectivity index (χ1v) is 7.51. The van der Waals surface area contributed by atoms with Gasteiger partial charge in [0.2, 0.25) is 0 Å². The third-order valence-electron chi connectivity index (χ3n) is 3.94. The van der Waals surface area contributed by atoms with Gasteiger partial charge in [0.05, 0.1) is 19.3 Å². The molecule has 3 rings (SSSR count). The summed E-state index contributed by atoms with van der Waals surface area (Å²) in [4.78, 5) is 8.87. The van der Waals surface area contributed by atoms with E-state index in [9.17, 15) is 0 Å². The number of morpholine rings is 1. The van der Waals surface area contributed by atoms with Crippen LogP contribution in [0.15, 0.2) is 30.7 Å². The summed E-state index contributed by atoms with van der Waals surface area (Å²) in [7, 11) is 4.05. The maximum Gasteiger partial charge on any atom is 0.151 e. The van der Waals surface area contributed by atoms with Gasteiger partial charge in [-0.2, -0.15) is 5.10 Å². The summed E-state index contributed by atoms with van der Waals surface area (Å²) in [6.45, 7) is 4.26. The predicted molar refractivity (Wildman–Crippen MR) is 83.5 cm³/mol. The Hall–Kier alpha value is -1.99. The highest BCUT2D eigenvalue weighted by Gasteiger charge is 2.23. The lowest BCUT2D eigenvalue weighted by Crippen LogP contribution is -2.47. The fourth-order valence-corrected chi connectivity index (χ4v) is 2.68.